The number of hydrogen-bond donors (Lipinski definition) is 6. The van der Waals surface area contributed by atoms with Crippen molar-refractivity contribution in [2.75, 3.05) is 13.7 Å². The Kier molecular flexibility index (Phi) is 10.8. The Labute approximate surface area is 174 Å². The molecular weight excluding hydrogens is 390 g/mol. The Morgan fingerprint density at radius 2 is 1.93 bits per heavy atom. The van der Waals surface area contributed by atoms with E-state index in [1.807, 2.05) is 24.4 Å². The number of H-pyrrole nitrogens is 1. The van der Waals surface area contributed by atoms with Crippen LogP contribution in [0.1, 0.15) is 31.7 Å². The highest BCUT2D eigenvalue weighted by atomic mass is 16.5. The summed E-state index contributed by atoms with van der Waals surface area (Å²) in [5.41, 5.74) is 4.66. The third-order valence-electron chi connectivity index (χ3n) is 3.75. The number of unbranched alkanes of at least 4 members (excludes halogenated alkanes) is 2. The molecule has 6 N–H and O–H groups in total. The molecule has 0 aliphatic heterocycles. The molecule has 0 bridgehead atoms. The van der Waals surface area contributed by atoms with Gasteiger partial charge in [0, 0.05) is 41.4 Å². The summed E-state index contributed by atoms with van der Waals surface area (Å²) in [6.45, 7) is 2.95. The Morgan fingerprint density at radius 3 is 2.53 bits per heavy atom. The molecule has 0 saturated heterocycles. The Morgan fingerprint density at radius 1 is 1.23 bits per heavy atom. The van der Waals surface area contributed by atoms with E-state index in [2.05, 4.69) is 27.8 Å². The maximum atomic E-state index is 9.55. The number of rotatable bonds is 9. The van der Waals surface area contributed by atoms with E-state index in [9.17, 15) is 9.59 Å². The second-order valence-electron chi connectivity index (χ2n) is 6.04. The number of fused-ring (bicyclic) bond motifs is 1. The molecule has 0 radical (unpaired) electrons. The predicted molar refractivity (Wildman–Crippen MR) is 115 cm³/mol. The van der Waals surface area contributed by atoms with E-state index in [0.29, 0.717) is 12.2 Å². The number of hydrazone groups is 1. The molecule has 162 valence electrons. The number of hydrogen-bond acceptors (Lipinski definition) is 5. The van der Waals surface area contributed by atoms with E-state index in [1.54, 1.807) is 13.3 Å². The average Bonchev–Trinajstić information content (AvgIpc) is 3.12. The van der Waals surface area contributed by atoms with Crippen LogP contribution in [0.2, 0.25) is 0 Å². The normalized spacial score (nSPS) is 10.6. The van der Waals surface area contributed by atoms with Crippen LogP contribution in [0, 0.1) is 5.41 Å². The van der Waals surface area contributed by atoms with Crippen LogP contribution in [0.25, 0.3) is 10.9 Å². The highest BCUT2D eigenvalue weighted by molar-refractivity contribution is 5.99. The van der Waals surface area contributed by atoms with Gasteiger partial charge in [-0.25, -0.2) is 15.0 Å². The van der Waals surface area contributed by atoms with Gasteiger partial charge in [0.15, 0.2) is 0 Å². The Balaban J connectivity index is 0.000000479. The van der Waals surface area contributed by atoms with E-state index in [0.717, 1.165) is 35.2 Å². The molecule has 0 amide bonds. The molecule has 0 saturated carbocycles. The number of nitrogens with one attached hydrogen (secondary N) is 4. The highest BCUT2D eigenvalue weighted by Gasteiger charge is 2.03. The number of aromatic amines is 1. The molecule has 0 aliphatic carbocycles. The number of carboxylic acids is 2. The summed E-state index contributed by atoms with van der Waals surface area (Å²) in [4.78, 5) is 22.3. The number of benzene rings is 1. The third kappa shape index (κ3) is 9.40. The fourth-order valence-corrected chi connectivity index (χ4v) is 2.29. The minimum Gasteiger partial charge on any atom is -0.497 e. The Bertz CT molecular complexity index is 888. The summed E-state index contributed by atoms with van der Waals surface area (Å²) in [5.74, 6) is -1.50. The summed E-state index contributed by atoms with van der Waals surface area (Å²) >= 11 is 0. The first-order valence-electron chi connectivity index (χ1n) is 9.28. The number of ether oxygens (including phenoxy) is 1. The summed E-state index contributed by atoms with van der Waals surface area (Å²) in [7, 11) is 1.65. The monoisotopic (exact) mass is 417 g/mol. The van der Waals surface area contributed by atoms with E-state index < -0.39 is 11.9 Å². The van der Waals surface area contributed by atoms with Crippen molar-refractivity contribution in [1.82, 2.24) is 15.7 Å². The van der Waals surface area contributed by atoms with Gasteiger partial charge < -0.3 is 25.3 Å². The molecule has 1 heterocycles. The van der Waals surface area contributed by atoms with Gasteiger partial charge in [0.1, 0.15) is 5.75 Å². The lowest BCUT2D eigenvalue weighted by atomic mass is 10.2. The summed E-state index contributed by atoms with van der Waals surface area (Å²) in [5, 5.41) is 31.5. The zero-order valence-electron chi connectivity index (χ0n) is 16.9. The maximum Gasteiger partial charge on any atom is 0.328 e. The van der Waals surface area contributed by atoms with Crippen molar-refractivity contribution in [3.8, 4) is 5.75 Å². The first-order chi connectivity index (χ1) is 14.4. The van der Waals surface area contributed by atoms with Crippen LogP contribution in [0.15, 0.2) is 41.6 Å². The van der Waals surface area contributed by atoms with Gasteiger partial charge >= 0.3 is 11.9 Å². The zero-order valence-corrected chi connectivity index (χ0v) is 16.9. The van der Waals surface area contributed by atoms with Gasteiger partial charge in [0.05, 0.1) is 13.3 Å². The van der Waals surface area contributed by atoms with Crippen LogP contribution < -0.4 is 15.5 Å². The SMILES string of the molecule is CCCCCNC(=N)N/N=C/c1c[nH]c2ccc(OC)cc12.O=C(O)/C=C/C(=O)O. The van der Waals surface area contributed by atoms with Crippen LogP contribution in [0.4, 0.5) is 0 Å². The second kappa shape index (κ2) is 13.4. The third-order valence-corrected chi connectivity index (χ3v) is 3.75. The largest absolute Gasteiger partial charge is 0.497 e. The number of carboxylic acid groups (broad SMARTS) is 2. The summed E-state index contributed by atoms with van der Waals surface area (Å²) in [6, 6.07) is 5.84. The van der Waals surface area contributed by atoms with E-state index in [4.69, 9.17) is 20.4 Å². The quantitative estimate of drug-likeness (QED) is 0.120. The van der Waals surface area contributed by atoms with E-state index >= 15 is 0 Å². The minimum atomic E-state index is -1.26. The minimum absolute atomic E-state index is 0.213. The number of nitrogens with zero attached hydrogens (tertiary/aromatic N) is 1. The number of carbonyl (C=O) groups is 2. The molecule has 10 heteroatoms. The van der Waals surface area contributed by atoms with Crippen LogP contribution in [-0.4, -0.2) is 53.0 Å². The molecule has 0 unspecified atom stereocenters. The van der Waals surface area contributed by atoms with Crippen molar-refractivity contribution in [3.05, 3.63) is 42.1 Å². The smallest absolute Gasteiger partial charge is 0.328 e. The average molecular weight is 417 g/mol. The van der Waals surface area contributed by atoms with Crippen molar-refractivity contribution in [3.63, 3.8) is 0 Å². The first kappa shape index (κ1) is 24.2. The fourth-order valence-electron chi connectivity index (χ4n) is 2.29. The molecule has 30 heavy (non-hydrogen) atoms. The van der Waals surface area contributed by atoms with Crippen molar-refractivity contribution in [2.45, 2.75) is 26.2 Å². The fraction of sp³-hybridized carbons (Fsp3) is 0.300. The van der Waals surface area contributed by atoms with Gasteiger partial charge in [0.2, 0.25) is 5.96 Å². The van der Waals surface area contributed by atoms with E-state index in [1.165, 1.54) is 12.8 Å². The van der Waals surface area contributed by atoms with Gasteiger partial charge in [-0.3, -0.25) is 5.41 Å². The van der Waals surface area contributed by atoms with E-state index in [-0.39, 0.29) is 5.96 Å². The molecule has 2 aromatic rings. The first-order valence-corrected chi connectivity index (χ1v) is 9.28. The van der Waals surface area contributed by atoms with Gasteiger partial charge in [0.25, 0.3) is 0 Å². The molecule has 0 fully saturated rings. The van der Waals surface area contributed by atoms with Crippen molar-refractivity contribution in [1.29, 1.82) is 5.41 Å². The number of guanidine groups is 1. The lowest BCUT2D eigenvalue weighted by Crippen LogP contribution is -2.33. The molecule has 0 aliphatic rings. The predicted octanol–water partition coefficient (Wildman–Crippen LogP) is 2.53. The number of aliphatic carboxylic acids is 2. The summed E-state index contributed by atoms with van der Waals surface area (Å²) in [6.07, 6.45) is 8.09. The van der Waals surface area contributed by atoms with Crippen LogP contribution in [0.5, 0.6) is 5.75 Å². The molecule has 1 aromatic carbocycles. The zero-order chi connectivity index (χ0) is 22.4. The number of methoxy groups -OCH3 is 1. The van der Waals surface area contributed by atoms with Crippen molar-refractivity contribution in [2.24, 2.45) is 5.10 Å². The van der Waals surface area contributed by atoms with Crippen LogP contribution in [-0.2, 0) is 9.59 Å². The van der Waals surface area contributed by atoms with Gasteiger partial charge in [-0.1, -0.05) is 19.8 Å². The lowest BCUT2D eigenvalue weighted by molar-refractivity contribution is -0.134. The molecule has 0 atom stereocenters. The van der Waals surface area contributed by atoms with Crippen molar-refractivity contribution < 1.29 is 24.5 Å². The Hall–Kier alpha value is -3.82. The topological polar surface area (TPSA) is 160 Å². The van der Waals surface area contributed by atoms with Crippen molar-refractivity contribution >= 4 is 35.0 Å². The maximum absolute atomic E-state index is 9.55. The standard InChI is InChI=1S/C16H23N5O.C4H4O4/c1-3-4-5-8-18-16(17)21-20-11-12-10-19-15-7-6-13(22-2)9-14(12)15;5-3(6)1-2-4(7)8/h6-7,9-11,19H,3-5,8H2,1-2H3,(H3,17,18,21);1-2H,(H,5,6)(H,7,8)/b20-11+;2-1+. The van der Waals surface area contributed by atoms with Gasteiger partial charge in [-0.15, -0.1) is 0 Å². The molecule has 10 nitrogen and oxygen atoms in total. The van der Waals surface area contributed by atoms with Gasteiger partial charge in [-0.2, -0.15) is 5.10 Å². The summed E-state index contributed by atoms with van der Waals surface area (Å²) < 4.78 is 5.24. The lowest BCUT2D eigenvalue weighted by Gasteiger charge is -2.05. The van der Waals surface area contributed by atoms with Gasteiger partial charge in [-0.05, 0) is 24.6 Å². The molecule has 0 spiro atoms. The van der Waals surface area contributed by atoms with Crippen LogP contribution >= 0.6 is 0 Å². The highest BCUT2D eigenvalue weighted by Crippen LogP contribution is 2.22. The molecular formula is C20H27N5O5. The molecule has 2 rings (SSSR count). The second-order valence-corrected chi connectivity index (χ2v) is 6.04. The van der Waals surface area contributed by atoms with Crippen LogP contribution in [0.3, 0.4) is 0 Å². The number of aromatic nitrogens is 1. The molecule has 1 aromatic heterocycles.